The smallest absolute Gasteiger partial charge is 0.0141 e. The molecule has 0 atom stereocenters. The van der Waals surface area contributed by atoms with Crippen molar-refractivity contribution >= 4 is 0 Å². The van der Waals surface area contributed by atoms with Crippen LogP contribution in [-0.2, 0) is 0 Å². The summed E-state index contributed by atoms with van der Waals surface area (Å²) in [5.74, 6) is 0.350. The monoisotopic (exact) mass is 281 g/mol. The van der Waals surface area contributed by atoms with Crippen LogP contribution in [0.5, 0.6) is 0 Å². The first-order valence-corrected chi connectivity index (χ1v) is 7.68. The van der Waals surface area contributed by atoms with Gasteiger partial charge in [-0.15, -0.1) is 0 Å². The van der Waals surface area contributed by atoms with Crippen LogP contribution in [-0.4, -0.2) is 5.54 Å². The minimum atomic E-state index is -0.175. The molecule has 2 aromatic carbocycles. The molecule has 0 unspecified atom stereocenters. The minimum Gasteiger partial charge on any atom is -0.326 e. The molecule has 1 heteroatoms. The summed E-state index contributed by atoms with van der Waals surface area (Å²) >= 11 is 0. The summed E-state index contributed by atoms with van der Waals surface area (Å²) in [5, 5.41) is 0. The maximum atomic E-state index is 6.32. The highest BCUT2D eigenvalue weighted by molar-refractivity contribution is 5.34. The molecule has 0 heterocycles. The maximum absolute atomic E-state index is 6.32. The normalized spacial score (nSPS) is 12.7. The fourth-order valence-electron chi connectivity index (χ4n) is 3.66. The van der Waals surface area contributed by atoms with Crippen LogP contribution >= 0.6 is 0 Å². The molecule has 1 nitrogen and oxygen atoms in total. The van der Waals surface area contributed by atoms with Crippen molar-refractivity contribution in [3.8, 4) is 0 Å². The lowest BCUT2D eigenvalue weighted by Crippen LogP contribution is -2.40. The van der Waals surface area contributed by atoms with Crippen molar-refractivity contribution in [2.45, 2.75) is 45.6 Å². The van der Waals surface area contributed by atoms with Crippen molar-refractivity contribution in [2.24, 2.45) is 11.1 Å². The topological polar surface area (TPSA) is 26.0 Å². The van der Waals surface area contributed by atoms with Crippen molar-refractivity contribution in [1.82, 2.24) is 0 Å². The zero-order valence-electron chi connectivity index (χ0n) is 13.6. The van der Waals surface area contributed by atoms with Crippen molar-refractivity contribution in [3.05, 3.63) is 71.8 Å². The Labute approximate surface area is 129 Å². The van der Waals surface area contributed by atoms with E-state index in [2.05, 4.69) is 88.4 Å². The molecule has 0 amide bonds. The van der Waals surface area contributed by atoms with Gasteiger partial charge in [0.25, 0.3) is 0 Å². The van der Waals surface area contributed by atoms with E-state index in [9.17, 15) is 0 Å². The van der Waals surface area contributed by atoms with E-state index < -0.39 is 0 Å². The van der Waals surface area contributed by atoms with Crippen LogP contribution in [0.3, 0.4) is 0 Å². The predicted octanol–water partition coefficient (Wildman–Crippen LogP) is 4.97. The third-order valence-electron chi connectivity index (χ3n) is 3.96. The standard InChI is InChI=1S/C20H27N/c1-19(2,15-20(3,4)21)18(16-11-7-5-8-12-16)17-13-9-6-10-14-17/h5-14,18H,15,21H2,1-4H3. The first-order valence-electron chi connectivity index (χ1n) is 7.68. The lowest BCUT2D eigenvalue weighted by Gasteiger charge is -2.39. The molecular weight excluding hydrogens is 254 g/mol. The predicted molar refractivity (Wildman–Crippen MR) is 91.4 cm³/mol. The van der Waals surface area contributed by atoms with Gasteiger partial charge in [-0.05, 0) is 36.8 Å². The van der Waals surface area contributed by atoms with E-state index in [4.69, 9.17) is 5.73 Å². The Morgan fingerprint density at radius 1 is 0.762 bits per heavy atom. The summed E-state index contributed by atoms with van der Waals surface area (Å²) in [6, 6.07) is 21.5. The molecule has 0 fully saturated rings. The average molecular weight is 281 g/mol. The number of nitrogens with two attached hydrogens (primary N) is 1. The van der Waals surface area contributed by atoms with Gasteiger partial charge in [0, 0.05) is 11.5 Å². The Bertz CT molecular complexity index is 510. The summed E-state index contributed by atoms with van der Waals surface area (Å²) in [7, 11) is 0. The van der Waals surface area contributed by atoms with Crippen molar-refractivity contribution in [2.75, 3.05) is 0 Å². The van der Waals surface area contributed by atoms with E-state index in [1.54, 1.807) is 0 Å². The van der Waals surface area contributed by atoms with Crippen molar-refractivity contribution < 1.29 is 0 Å². The van der Waals surface area contributed by atoms with E-state index in [1.165, 1.54) is 11.1 Å². The van der Waals surface area contributed by atoms with E-state index >= 15 is 0 Å². The molecule has 2 aromatic rings. The molecule has 0 saturated heterocycles. The van der Waals surface area contributed by atoms with Gasteiger partial charge in [-0.25, -0.2) is 0 Å². The Balaban J connectivity index is 2.47. The molecule has 0 aromatic heterocycles. The van der Waals surface area contributed by atoms with E-state index in [1.807, 2.05) is 0 Å². The fourth-order valence-corrected chi connectivity index (χ4v) is 3.66. The molecule has 0 radical (unpaired) electrons. The second-order valence-electron chi connectivity index (χ2n) is 7.41. The van der Waals surface area contributed by atoms with Crippen LogP contribution in [0, 0.1) is 5.41 Å². The molecule has 2 rings (SSSR count). The molecule has 21 heavy (non-hydrogen) atoms. The summed E-state index contributed by atoms with van der Waals surface area (Å²) in [5.41, 5.74) is 8.94. The summed E-state index contributed by atoms with van der Waals surface area (Å²) < 4.78 is 0. The number of benzene rings is 2. The highest BCUT2D eigenvalue weighted by Crippen LogP contribution is 2.45. The van der Waals surface area contributed by atoms with Crippen LogP contribution in [0.4, 0.5) is 0 Å². The number of hydrogen-bond acceptors (Lipinski definition) is 1. The molecule has 0 bridgehead atoms. The molecule has 0 aliphatic rings. The third-order valence-corrected chi connectivity index (χ3v) is 3.96. The number of hydrogen-bond donors (Lipinski definition) is 1. The highest BCUT2D eigenvalue weighted by Gasteiger charge is 2.35. The van der Waals surface area contributed by atoms with Gasteiger partial charge in [-0.2, -0.15) is 0 Å². The highest BCUT2D eigenvalue weighted by atomic mass is 14.7. The molecule has 2 N–H and O–H groups in total. The fraction of sp³-hybridized carbons (Fsp3) is 0.400. The van der Waals surface area contributed by atoms with Crippen molar-refractivity contribution in [3.63, 3.8) is 0 Å². The molecule has 0 saturated carbocycles. The maximum Gasteiger partial charge on any atom is 0.0141 e. The van der Waals surface area contributed by atoms with E-state index in [0.29, 0.717) is 5.92 Å². The average Bonchev–Trinajstić information content (AvgIpc) is 2.38. The van der Waals surface area contributed by atoms with Gasteiger partial charge in [0.2, 0.25) is 0 Å². The first-order chi connectivity index (χ1) is 9.80. The summed E-state index contributed by atoms with van der Waals surface area (Å²) in [6.07, 6.45) is 0.967. The Morgan fingerprint density at radius 2 is 1.14 bits per heavy atom. The zero-order valence-corrected chi connectivity index (χ0v) is 13.6. The van der Waals surface area contributed by atoms with Gasteiger partial charge in [-0.1, -0.05) is 74.5 Å². The molecular formula is C20H27N. The van der Waals surface area contributed by atoms with Gasteiger partial charge in [-0.3, -0.25) is 0 Å². The quantitative estimate of drug-likeness (QED) is 0.822. The number of rotatable bonds is 5. The van der Waals surface area contributed by atoms with Crippen LogP contribution in [0.1, 0.15) is 51.2 Å². The van der Waals surface area contributed by atoms with Crippen LogP contribution in [0.25, 0.3) is 0 Å². The molecule has 112 valence electrons. The second-order valence-corrected chi connectivity index (χ2v) is 7.41. The molecule has 0 aliphatic carbocycles. The van der Waals surface area contributed by atoms with Gasteiger partial charge in [0.1, 0.15) is 0 Å². The lowest BCUT2D eigenvalue weighted by atomic mass is 9.66. The van der Waals surface area contributed by atoms with Gasteiger partial charge >= 0.3 is 0 Å². The van der Waals surface area contributed by atoms with Gasteiger partial charge < -0.3 is 5.73 Å². The lowest BCUT2D eigenvalue weighted by molar-refractivity contribution is 0.230. The summed E-state index contributed by atoms with van der Waals surface area (Å²) in [4.78, 5) is 0. The Hall–Kier alpha value is -1.60. The van der Waals surface area contributed by atoms with Crippen LogP contribution in [0.2, 0.25) is 0 Å². The molecule has 0 aliphatic heterocycles. The van der Waals surface area contributed by atoms with Crippen LogP contribution < -0.4 is 5.73 Å². The first kappa shape index (κ1) is 15.8. The minimum absolute atomic E-state index is 0.0843. The van der Waals surface area contributed by atoms with Crippen LogP contribution in [0.15, 0.2) is 60.7 Å². The van der Waals surface area contributed by atoms with Crippen molar-refractivity contribution in [1.29, 1.82) is 0 Å². The van der Waals surface area contributed by atoms with E-state index in [0.717, 1.165) is 6.42 Å². The third kappa shape index (κ3) is 4.18. The SMILES string of the molecule is CC(C)(N)CC(C)(C)C(c1ccccc1)c1ccccc1. The van der Waals surface area contributed by atoms with Gasteiger partial charge in [0.15, 0.2) is 0 Å². The Morgan fingerprint density at radius 3 is 1.48 bits per heavy atom. The molecule has 0 spiro atoms. The van der Waals surface area contributed by atoms with E-state index in [-0.39, 0.29) is 11.0 Å². The van der Waals surface area contributed by atoms with Gasteiger partial charge in [0.05, 0.1) is 0 Å². The Kier molecular flexibility index (Phi) is 4.53. The summed E-state index contributed by atoms with van der Waals surface area (Å²) in [6.45, 7) is 8.88. The second kappa shape index (κ2) is 6.03. The zero-order chi connectivity index (χ0) is 15.5. The largest absolute Gasteiger partial charge is 0.326 e.